The number of ether oxygens (including phenoxy) is 1. The molecule has 154 valence electrons. The molecule has 0 bridgehead atoms. The van der Waals surface area contributed by atoms with Crippen molar-refractivity contribution in [2.75, 3.05) is 13.2 Å². The molecule has 0 aliphatic rings. The van der Waals surface area contributed by atoms with Crippen LogP contribution >= 0.6 is 0 Å². The third kappa shape index (κ3) is 6.36. The molecule has 1 amide bonds. The Morgan fingerprint density at radius 2 is 1.72 bits per heavy atom. The van der Waals surface area contributed by atoms with Crippen LogP contribution in [0.5, 0.6) is 5.75 Å². The fourth-order valence-electron chi connectivity index (χ4n) is 3.37. The van der Waals surface area contributed by atoms with Crippen LogP contribution in [0.4, 0.5) is 0 Å². The Bertz CT molecular complexity index is 890. The molecule has 0 unspecified atom stereocenters. The van der Waals surface area contributed by atoms with Gasteiger partial charge in [0.1, 0.15) is 12.4 Å². The predicted octanol–water partition coefficient (Wildman–Crippen LogP) is 4.81. The van der Waals surface area contributed by atoms with E-state index in [4.69, 9.17) is 9.84 Å². The van der Waals surface area contributed by atoms with Crippen molar-refractivity contribution in [1.82, 2.24) is 10.3 Å². The molecular formula is C24H30N2O3. The number of carbonyl (C=O) groups is 1. The standard InChI is InChI=1S/C24H30N2O3/c27-15-9-4-2-1-3-8-13-26-24(28)20-16-22-21(12-14-25-22)23(17-20)29-18-19-10-6-5-7-11-19/h5-7,10-12,14,16-17,25,27H,1-4,8-9,13,15,18H2,(H,26,28). The minimum atomic E-state index is -0.0775. The zero-order valence-corrected chi connectivity index (χ0v) is 16.8. The molecule has 0 fully saturated rings. The normalized spacial score (nSPS) is 10.9. The number of fused-ring (bicyclic) bond motifs is 1. The van der Waals surface area contributed by atoms with Gasteiger partial charge in [0.2, 0.25) is 0 Å². The van der Waals surface area contributed by atoms with Crippen molar-refractivity contribution in [3.05, 3.63) is 65.9 Å². The van der Waals surface area contributed by atoms with E-state index in [9.17, 15) is 4.79 Å². The third-order valence-corrected chi connectivity index (χ3v) is 5.00. The summed E-state index contributed by atoms with van der Waals surface area (Å²) in [5, 5.41) is 12.8. The molecule has 5 heteroatoms. The van der Waals surface area contributed by atoms with Crippen molar-refractivity contribution >= 4 is 16.8 Å². The monoisotopic (exact) mass is 394 g/mol. The summed E-state index contributed by atoms with van der Waals surface area (Å²) in [6.07, 6.45) is 8.15. The minimum Gasteiger partial charge on any atom is -0.488 e. The van der Waals surface area contributed by atoms with Crippen LogP contribution in [-0.4, -0.2) is 29.1 Å². The first-order valence-electron chi connectivity index (χ1n) is 10.4. The van der Waals surface area contributed by atoms with E-state index in [1.54, 1.807) is 0 Å². The Morgan fingerprint density at radius 3 is 2.52 bits per heavy atom. The van der Waals surface area contributed by atoms with E-state index in [0.717, 1.165) is 55.0 Å². The molecule has 3 aromatic rings. The van der Waals surface area contributed by atoms with Crippen molar-refractivity contribution in [3.63, 3.8) is 0 Å². The lowest BCUT2D eigenvalue weighted by Gasteiger charge is -2.11. The number of rotatable bonds is 12. The summed E-state index contributed by atoms with van der Waals surface area (Å²) < 4.78 is 6.03. The average molecular weight is 395 g/mol. The van der Waals surface area contributed by atoms with Crippen LogP contribution in [0.25, 0.3) is 10.9 Å². The molecule has 1 aromatic heterocycles. The molecule has 2 aromatic carbocycles. The summed E-state index contributed by atoms with van der Waals surface area (Å²) >= 11 is 0. The van der Waals surface area contributed by atoms with Crippen LogP contribution in [-0.2, 0) is 6.61 Å². The maximum Gasteiger partial charge on any atom is 0.251 e. The molecule has 0 saturated heterocycles. The fraction of sp³-hybridized carbons (Fsp3) is 0.375. The number of unbranched alkanes of at least 4 members (excludes halogenated alkanes) is 5. The highest BCUT2D eigenvalue weighted by atomic mass is 16.5. The van der Waals surface area contributed by atoms with E-state index >= 15 is 0 Å². The molecule has 0 spiro atoms. The topological polar surface area (TPSA) is 74.3 Å². The molecule has 0 aliphatic heterocycles. The third-order valence-electron chi connectivity index (χ3n) is 5.00. The van der Waals surface area contributed by atoms with Gasteiger partial charge in [0.05, 0.1) is 0 Å². The van der Waals surface area contributed by atoms with Gasteiger partial charge in [0, 0.05) is 35.8 Å². The largest absolute Gasteiger partial charge is 0.488 e. The number of aliphatic hydroxyl groups is 1. The predicted molar refractivity (Wildman–Crippen MR) is 116 cm³/mol. The van der Waals surface area contributed by atoms with Gasteiger partial charge in [0.25, 0.3) is 5.91 Å². The first-order valence-corrected chi connectivity index (χ1v) is 10.4. The van der Waals surface area contributed by atoms with Gasteiger partial charge in [-0.3, -0.25) is 4.79 Å². The van der Waals surface area contributed by atoms with Crippen LogP contribution in [0.1, 0.15) is 54.4 Å². The van der Waals surface area contributed by atoms with E-state index < -0.39 is 0 Å². The summed E-state index contributed by atoms with van der Waals surface area (Å²) in [4.78, 5) is 15.8. The molecule has 3 N–H and O–H groups in total. The minimum absolute atomic E-state index is 0.0775. The van der Waals surface area contributed by atoms with Gasteiger partial charge in [-0.05, 0) is 36.6 Å². The van der Waals surface area contributed by atoms with Gasteiger partial charge in [0.15, 0.2) is 0 Å². The van der Waals surface area contributed by atoms with Crippen molar-refractivity contribution in [2.45, 2.75) is 45.1 Å². The zero-order valence-electron chi connectivity index (χ0n) is 16.8. The number of hydrogen-bond acceptors (Lipinski definition) is 3. The van der Waals surface area contributed by atoms with Crippen molar-refractivity contribution in [1.29, 1.82) is 0 Å². The van der Waals surface area contributed by atoms with Crippen molar-refractivity contribution < 1.29 is 14.6 Å². The summed E-state index contributed by atoms with van der Waals surface area (Å²) in [5.74, 6) is 0.632. The van der Waals surface area contributed by atoms with E-state index in [1.807, 2.05) is 54.7 Å². The summed E-state index contributed by atoms with van der Waals surface area (Å²) in [5.41, 5.74) is 2.58. The van der Waals surface area contributed by atoms with E-state index in [1.165, 1.54) is 0 Å². The number of amides is 1. The molecular weight excluding hydrogens is 364 g/mol. The van der Waals surface area contributed by atoms with Crippen LogP contribution < -0.4 is 10.1 Å². The average Bonchev–Trinajstić information content (AvgIpc) is 3.23. The second-order valence-electron chi connectivity index (χ2n) is 7.29. The van der Waals surface area contributed by atoms with Gasteiger partial charge in [-0.15, -0.1) is 0 Å². The Kier molecular flexibility index (Phi) is 8.13. The molecule has 1 heterocycles. The first-order chi connectivity index (χ1) is 14.3. The summed E-state index contributed by atoms with van der Waals surface area (Å²) in [6.45, 7) is 1.41. The van der Waals surface area contributed by atoms with Crippen LogP contribution in [0.15, 0.2) is 54.7 Å². The number of aliphatic hydroxyl groups excluding tert-OH is 1. The van der Waals surface area contributed by atoms with E-state index in [-0.39, 0.29) is 12.5 Å². The van der Waals surface area contributed by atoms with Crippen molar-refractivity contribution in [3.8, 4) is 5.75 Å². The Balaban J connectivity index is 1.54. The lowest BCUT2D eigenvalue weighted by Crippen LogP contribution is -2.24. The lowest BCUT2D eigenvalue weighted by molar-refractivity contribution is 0.0952. The molecule has 0 aliphatic carbocycles. The molecule has 5 nitrogen and oxygen atoms in total. The van der Waals surface area contributed by atoms with Gasteiger partial charge < -0.3 is 20.1 Å². The Hall–Kier alpha value is -2.79. The number of benzene rings is 2. The number of H-pyrrole nitrogens is 1. The summed E-state index contributed by atoms with van der Waals surface area (Å²) in [6, 6.07) is 15.7. The maximum absolute atomic E-state index is 12.6. The highest BCUT2D eigenvalue weighted by molar-refractivity contribution is 6.00. The van der Waals surface area contributed by atoms with Gasteiger partial charge in [-0.1, -0.05) is 56.0 Å². The first kappa shape index (κ1) is 20.9. The molecule has 0 radical (unpaired) electrons. The Labute approximate surface area is 172 Å². The molecule has 0 atom stereocenters. The maximum atomic E-state index is 12.6. The number of aromatic nitrogens is 1. The molecule has 29 heavy (non-hydrogen) atoms. The highest BCUT2D eigenvalue weighted by Crippen LogP contribution is 2.28. The van der Waals surface area contributed by atoms with Crippen LogP contribution in [0, 0.1) is 0 Å². The Morgan fingerprint density at radius 1 is 0.966 bits per heavy atom. The van der Waals surface area contributed by atoms with E-state index in [0.29, 0.717) is 24.5 Å². The van der Waals surface area contributed by atoms with Gasteiger partial charge >= 0.3 is 0 Å². The number of carbonyl (C=O) groups excluding carboxylic acids is 1. The van der Waals surface area contributed by atoms with Crippen LogP contribution in [0.2, 0.25) is 0 Å². The molecule has 0 saturated carbocycles. The fourth-order valence-corrected chi connectivity index (χ4v) is 3.37. The van der Waals surface area contributed by atoms with Gasteiger partial charge in [-0.25, -0.2) is 0 Å². The number of aromatic amines is 1. The second kappa shape index (κ2) is 11.3. The molecule has 3 rings (SSSR count). The van der Waals surface area contributed by atoms with Crippen LogP contribution in [0.3, 0.4) is 0 Å². The SMILES string of the molecule is O=C(NCCCCCCCCO)c1cc(OCc2ccccc2)c2cc[nH]c2c1. The van der Waals surface area contributed by atoms with E-state index in [2.05, 4.69) is 10.3 Å². The summed E-state index contributed by atoms with van der Waals surface area (Å²) in [7, 11) is 0. The zero-order chi connectivity index (χ0) is 20.3. The lowest BCUT2D eigenvalue weighted by atomic mass is 10.1. The quantitative estimate of drug-likeness (QED) is 0.386. The second-order valence-corrected chi connectivity index (χ2v) is 7.29. The highest BCUT2D eigenvalue weighted by Gasteiger charge is 2.12. The number of hydrogen-bond donors (Lipinski definition) is 3. The van der Waals surface area contributed by atoms with Gasteiger partial charge in [-0.2, -0.15) is 0 Å². The van der Waals surface area contributed by atoms with Crippen molar-refractivity contribution in [2.24, 2.45) is 0 Å². The number of nitrogens with one attached hydrogen (secondary N) is 2. The smallest absolute Gasteiger partial charge is 0.251 e.